The number of rotatable bonds is 8. The van der Waals surface area contributed by atoms with Crippen LogP contribution < -0.4 is 0 Å². The Morgan fingerprint density at radius 2 is 0.968 bits per heavy atom. The van der Waals surface area contributed by atoms with Gasteiger partial charge in [-0.3, -0.25) is 9.97 Å². The molecule has 0 spiro atoms. The van der Waals surface area contributed by atoms with Crippen molar-refractivity contribution in [3.8, 4) is 68.1 Å². The van der Waals surface area contributed by atoms with Crippen molar-refractivity contribution in [3.63, 3.8) is 0 Å². The summed E-state index contributed by atoms with van der Waals surface area (Å²) in [6.45, 7) is 4.16. The van der Waals surface area contributed by atoms with E-state index in [-0.39, 0.29) is 12.0 Å². The van der Waals surface area contributed by atoms with Crippen molar-refractivity contribution in [2.75, 3.05) is 0 Å². The van der Waals surface area contributed by atoms with Gasteiger partial charge in [-0.1, -0.05) is 133 Å². The van der Waals surface area contributed by atoms with Crippen molar-refractivity contribution in [3.05, 3.63) is 229 Å². The molecule has 4 aromatic carbocycles. The van der Waals surface area contributed by atoms with Gasteiger partial charge in [-0.25, -0.2) is 19.9 Å². The third-order valence-corrected chi connectivity index (χ3v) is 11.7. The van der Waals surface area contributed by atoms with E-state index in [9.17, 15) is 0 Å². The first-order valence-corrected chi connectivity index (χ1v) is 20.9. The molecule has 3 unspecified atom stereocenters. The lowest BCUT2D eigenvalue weighted by atomic mass is 9.57. The van der Waals surface area contributed by atoms with Crippen LogP contribution in [-0.4, -0.2) is 36.0 Å². The maximum atomic E-state index is 6.83. The molecule has 0 radical (unpaired) electrons. The Morgan fingerprint density at radius 1 is 0.452 bits per heavy atom. The lowest BCUT2D eigenvalue weighted by Crippen LogP contribution is -2.49. The number of pyridine rings is 3. The molecule has 4 aromatic heterocycles. The lowest BCUT2D eigenvalue weighted by Gasteiger charge is -2.50. The molecule has 7 heteroatoms. The van der Waals surface area contributed by atoms with Crippen LogP contribution in [0.3, 0.4) is 0 Å². The standard InChI is InChI=1S/C55H42N6O/c1-3-44-50(4-2)62-51-30-12-11-27-45(51)55(44,42-25-17-23-39(33-42)41-35-48(46-28-13-15-31-56-46)58-49(36-41)47-29-14-16-32-57-47)43-26-18-24-40(34-43)54-60-52(37-19-7-5-8-20-37)59-53(61-54)38-21-9-6-10-22-38/h3-36,45,51H,1-2H3/b44-3+,50-4+. The molecule has 1 fully saturated rings. The number of ether oxygens (including phenoxy) is 1. The van der Waals surface area contributed by atoms with Gasteiger partial charge in [0.05, 0.1) is 28.2 Å². The molecule has 62 heavy (non-hydrogen) atoms. The Morgan fingerprint density at radius 3 is 1.52 bits per heavy atom. The molecule has 0 saturated carbocycles. The summed E-state index contributed by atoms with van der Waals surface area (Å²) in [6.07, 6.45) is 16.4. The highest BCUT2D eigenvalue weighted by atomic mass is 16.5. The topological polar surface area (TPSA) is 86.6 Å². The van der Waals surface area contributed by atoms with Gasteiger partial charge < -0.3 is 4.74 Å². The van der Waals surface area contributed by atoms with Crippen molar-refractivity contribution >= 4 is 0 Å². The molecule has 1 aliphatic carbocycles. The van der Waals surface area contributed by atoms with Gasteiger partial charge in [0.15, 0.2) is 17.5 Å². The fourth-order valence-electron chi connectivity index (χ4n) is 8.90. The number of fused-ring (bicyclic) bond motifs is 1. The van der Waals surface area contributed by atoms with E-state index < -0.39 is 5.41 Å². The van der Waals surface area contributed by atoms with Crippen molar-refractivity contribution in [1.82, 2.24) is 29.9 Å². The minimum absolute atomic E-state index is 0.100. The highest BCUT2D eigenvalue weighted by molar-refractivity contribution is 5.76. The van der Waals surface area contributed by atoms with Crippen LogP contribution in [0, 0.1) is 5.92 Å². The minimum Gasteiger partial charge on any atom is -0.486 e. The first-order valence-electron chi connectivity index (χ1n) is 20.9. The Bertz CT molecular complexity index is 2730. The zero-order valence-electron chi connectivity index (χ0n) is 34.4. The molecule has 8 aromatic rings. The van der Waals surface area contributed by atoms with Crippen molar-refractivity contribution in [1.29, 1.82) is 0 Å². The first-order chi connectivity index (χ1) is 30.6. The fraction of sp³-hybridized carbons (Fsp3) is 0.0909. The van der Waals surface area contributed by atoms with E-state index in [1.807, 2.05) is 97.1 Å². The summed E-state index contributed by atoms with van der Waals surface area (Å²) in [5.41, 5.74) is 10.5. The molecule has 10 rings (SSSR count). The zero-order valence-corrected chi connectivity index (χ0v) is 34.4. The van der Waals surface area contributed by atoms with Crippen LogP contribution in [0.15, 0.2) is 218 Å². The van der Waals surface area contributed by atoms with E-state index in [1.165, 1.54) is 0 Å². The molecule has 0 bridgehead atoms. The number of aromatic nitrogens is 6. The molecule has 1 saturated heterocycles. The maximum absolute atomic E-state index is 6.83. The summed E-state index contributed by atoms with van der Waals surface area (Å²) < 4.78 is 6.83. The summed E-state index contributed by atoms with van der Waals surface area (Å²) in [4.78, 5) is 29.7. The summed E-state index contributed by atoms with van der Waals surface area (Å²) in [7, 11) is 0. The normalized spacial score (nSPS) is 19.3. The molecule has 7 nitrogen and oxygen atoms in total. The number of nitrogens with zero attached hydrogens (tertiary/aromatic N) is 6. The van der Waals surface area contributed by atoms with Crippen LogP contribution in [0.5, 0.6) is 0 Å². The summed E-state index contributed by atoms with van der Waals surface area (Å²) >= 11 is 0. The smallest absolute Gasteiger partial charge is 0.164 e. The minimum atomic E-state index is -0.703. The second-order valence-corrected chi connectivity index (χ2v) is 15.3. The number of hydrogen-bond donors (Lipinski definition) is 0. The molecule has 1 aliphatic heterocycles. The summed E-state index contributed by atoms with van der Waals surface area (Å²) in [5.74, 6) is 2.58. The second-order valence-electron chi connectivity index (χ2n) is 15.3. The predicted octanol–water partition coefficient (Wildman–Crippen LogP) is 12.3. The zero-order chi connectivity index (χ0) is 41.9. The molecule has 3 atom stereocenters. The number of hydrogen-bond acceptors (Lipinski definition) is 7. The van der Waals surface area contributed by atoms with Gasteiger partial charge in [0, 0.05) is 40.6 Å². The molecule has 5 heterocycles. The van der Waals surface area contributed by atoms with Gasteiger partial charge in [-0.05, 0) is 96.8 Å². The maximum Gasteiger partial charge on any atom is 0.164 e. The fourth-order valence-corrected chi connectivity index (χ4v) is 8.90. The third kappa shape index (κ3) is 7.03. The van der Waals surface area contributed by atoms with E-state index in [0.717, 1.165) is 73.1 Å². The lowest BCUT2D eigenvalue weighted by molar-refractivity contribution is 0.0684. The SMILES string of the molecule is C/C=C1\C(=C/C)OC2C=CC=CC2C1(c1cccc(-c2cc(-c3ccccn3)nc(-c3ccccn3)c2)c1)c1cccc(-c2nc(-c3ccccc3)nc(-c3ccccc3)n2)c1. The highest BCUT2D eigenvalue weighted by Crippen LogP contribution is 2.55. The van der Waals surface area contributed by atoms with Gasteiger partial charge in [0.1, 0.15) is 11.9 Å². The van der Waals surface area contributed by atoms with Gasteiger partial charge in [-0.15, -0.1) is 0 Å². The largest absolute Gasteiger partial charge is 0.486 e. The quantitative estimate of drug-likeness (QED) is 0.151. The molecule has 298 valence electrons. The molecule has 0 N–H and O–H groups in total. The van der Waals surface area contributed by atoms with Gasteiger partial charge in [0.2, 0.25) is 0 Å². The molecule has 0 amide bonds. The Kier molecular flexibility index (Phi) is 10.3. The van der Waals surface area contributed by atoms with Crippen molar-refractivity contribution < 1.29 is 4.74 Å². The van der Waals surface area contributed by atoms with Gasteiger partial charge in [0.25, 0.3) is 0 Å². The number of allylic oxidation sites excluding steroid dienone is 5. The molecular formula is C55H42N6O. The molecule has 2 aliphatic rings. The summed E-state index contributed by atoms with van der Waals surface area (Å²) in [5, 5.41) is 0. The molecular weight excluding hydrogens is 761 g/mol. The van der Waals surface area contributed by atoms with Crippen LogP contribution in [0.25, 0.3) is 68.1 Å². The van der Waals surface area contributed by atoms with Crippen molar-refractivity contribution in [2.24, 2.45) is 5.92 Å². The van der Waals surface area contributed by atoms with E-state index in [4.69, 9.17) is 24.7 Å². The van der Waals surface area contributed by atoms with E-state index in [1.54, 1.807) is 12.4 Å². The van der Waals surface area contributed by atoms with Gasteiger partial charge >= 0.3 is 0 Å². The Labute approximate surface area is 361 Å². The number of benzene rings is 4. The third-order valence-electron chi connectivity index (χ3n) is 11.7. The van der Waals surface area contributed by atoms with Gasteiger partial charge in [-0.2, -0.15) is 0 Å². The summed E-state index contributed by atoms with van der Waals surface area (Å²) in [6, 6.07) is 53.9. The monoisotopic (exact) mass is 802 g/mol. The second kappa shape index (κ2) is 16.6. The van der Waals surface area contributed by atoms with Crippen LogP contribution in [0.2, 0.25) is 0 Å². The van der Waals surface area contributed by atoms with Crippen LogP contribution in [0.1, 0.15) is 25.0 Å². The first kappa shape index (κ1) is 38.3. The predicted molar refractivity (Wildman–Crippen MR) is 247 cm³/mol. The van der Waals surface area contributed by atoms with E-state index >= 15 is 0 Å². The van der Waals surface area contributed by atoms with Crippen LogP contribution in [-0.2, 0) is 10.2 Å². The average Bonchev–Trinajstić information content (AvgIpc) is 3.36. The van der Waals surface area contributed by atoms with Crippen LogP contribution in [0.4, 0.5) is 0 Å². The van der Waals surface area contributed by atoms with E-state index in [2.05, 4.69) is 121 Å². The van der Waals surface area contributed by atoms with E-state index in [0.29, 0.717) is 17.5 Å². The Balaban J connectivity index is 1.20. The van der Waals surface area contributed by atoms with Crippen LogP contribution >= 0.6 is 0 Å². The average molecular weight is 803 g/mol. The van der Waals surface area contributed by atoms with Crippen molar-refractivity contribution in [2.45, 2.75) is 25.4 Å². The Hall–Kier alpha value is -7.90. The highest BCUT2D eigenvalue weighted by Gasteiger charge is 2.52.